The van der Waals surface area contributed by atoms with Crippen LogP contribution in [0.5, 0.6) is 5.75 Å². The Morgan fingerprint density at radius 2 is 1.51 bits per heavy atom. The quantitative estimate of drug-likeness (QED) is 0.246. The van der Waals surface area contributed by atoms with Crippen LogP contribution in [0.3, 0.4) is 0 Å². The van der Waals surface area contributed by atoms with Gasteiger partial charge in [-0.25, -0.2) is 13.6 Å². The summed E-state index contributed by atoms with van der Waals surface area (Å²) in [6.07, 6.45) is 0. The van der Waals surface area contributed by atoms with Crippen LogP contribution >= 0.6 is 0 Å². The van der Waals surface area contributed by atoms with Crippen molar-refractivity contribution in [2.45, 2.75) is 6.92 Å². The highest BCUT2D eigenvalue weighted by Crippen LogP contribution is 2.33. The molecule has 9 heteroatoms. The van der Waals surface area contributed by atoms with Crippen molar-refractivity contribution in [3.8, 4) is 22.7 Å². The number of piperazine rings is 1. The third-order valence-electron chi connectivity index (χ3n) is 7.90. The summed E-state index contributed by atoms with van der Waals surface area (Å²) in [5.74, 6) is -0.984. The highest BCUT2D eigenvalue weighted by Gasteiger charge is 2.29. The summed E-state index contributed by atoms with van der Waals surface area (Å²) < 4.78 is 35.7. The predicted octanol–water partition coefficient (Wildman–Crippen LogP) is 6.88. The normalized spacial score (nSPS) is 13.3. The number of anilines is 1. The second kappa shape index (κ2) is 11.6. The molecule has 0 unspecified atom stereocenters. The monoisotopic (exact) mass is 580 g/mol. The number of nitrogens with one attached hydrogen (secondary N) is 1. The van der Waals surface area contributed by atoms with Gasteiger partial charge in [-0.1, -0.05) is 36.4 Å². The van der Waals surface area contributed by atoms with E-state index < -0.39 is 11.6 Å². The fourth-order valence-electron chi connectivity index (χ4n) is 5.58. The van der Waals surface area contributed by atoms with E-state index in [1.807, 2.05) is 54.6 Å². The van der Waals surface area contributed by atoms with Gasteiger partial charge in [-0.15, -0.1) is 0 Å². The van der Waals surface area contributed by atoms with Crippen LogP contribution in [0.25, 0.3) is 27.7 Å². The second-order valence-electron chi connectivity index (χ2n) is 10.4. The Labute approximate surface area is 247 Å². The Hall–Kier alpha value is -5.18. The molecule has 1 N–H and O–H groups in total. The van der Waals surface area contributed by atoms with Crippen LogP contribution < -0.4 is 10.1 Å². The van der Waals surface area contributed by atoms with Crippen molar-refractivity contribution in [2.75, 3.05) is 38.6 Å². The van der Waals surface area contributed by atoms with E-state index in [0.29, 0.717) is 48.9 Å². The molecule has 7 nitrogen and oxygen atoms in total. The molecule has 0 bridgehead atoms. The lowest BCUT2D eigenvalue weighted by atomic mass is 10.1. The number of fused-ring (bicyclic) bond motifs is 1. The molecule has 43 heavy (non-hydrogen) atoms. The SMILES string of the molecule is COc1ccc(-c2cc(C(=O)N3CCN(C(=O)Nc4cccc5ccccc45)CC3)c(C)n2-c2ccc(F)cc2F)cc1. The number of hydrogen-bond acceptors (Lipinski definition) is 3. The van der Waals surface area contributed by atoms with Crippen LogP contribution in [-0.2, 0) is 0 Å². The van der Waals surface area contributed by atoms with Gasteiger partial charge in [0.1, 0.15) is 17.4 Å². The van der Waals surface area contributed by atoms with Crippen molar-refractivity contribution in [3.63, 3.8) is 0 Å². The first-order valence-corrected chi connectivity index (χ1v) is 14.0. The molecule has 0 atom stereocenters. The fraction of sp³-hybridized carbons (Fsp3) is 0.176. The highest BCUT2D eigenvalue weighted by atomic mass is 19.1. The number of benzene rings is 4. The van der Waals surface area contributed by atoms with Gasteiger partial charge in [0.2, 0.25) is 0 Å². The summed E-state index contributed by atoms with van der Waals surface area (Å²) in [5, 5.41) is 5.00. The van der Waals surface area contributed by atoms with Crippen molar-refractivity contribution in [2.24, 2.45) is 0 Å². The van der Waals surface area contributed by atoms with E-state index in [4.69, 9.17) is 4.74 Å². The number of carbonyl (C=O) groups is 2. The summed E-state index contributed by atoms with van der Waals surface area (Å²) in [6.45, 7) is 3.15. The van der Waals surface area contributed by atoms with Crippen molar-refractivity contribution >= 4 is 28.4 Å². The van der Waals surface area contributed by atoms with Gasteiger partial charge in [-0.3, -0.25) is 4.79 Å². The van der Waals surface area contributed by atoms with Crippen molar-refractivity contribution in [3.05, 3.63) is 114 Å². The van der Waals surface area contributed by atoms with Crippen LogP contribution in [-0.4, -0.2) is 59.6 Å². The number of rotatable bonds is 5. The smallest absolute Gasteiger partial charge is 0.321 e. The van der Waals surface area contributed by atoms with Crippen molar-refractivity contribution in [1.82, 2.24) is 14.4 Å². The van der Waals surface area contributed by atoms with Crippen molar-refractivity contribution in [1.29, 1.82) is 0 Å². The van der Waals surface area contributed by atoms with Crippen LogP contribution in [0.15, 0.2) is 91.0 Å². The van der Waals surface area contributed by atoms with Gasteiger partial charge in [0, 0.05) is 43.3 Å². The number of ether oxygens (including phenoxy) is 1. The topological polar surface area (TPSA) is 66.8 Å². The molecule has 218 valence electrons. The van der Waals surface area contributed by atoms with Crippen LogP contribution in [0.1, 0.15) is 16.1 Å². The standard InChI is InChI=1S/C34H30F2N4O3/c1-22-28(21-32(24-10-13-26(43-2)14-11-24)40(22)31-15-12-25(35)20-29(31)36)33(41)38-16-18-39(19-17-38)34(42)37-30-9-5-7-23-6-3-4-8-27(23)30/h3-15,20-21H,16-19H2,1-2H3,(H,37,42). The lowest BCUT2D eigenvalue weighted by Crippen LogP contribution is -2.51. The number of carbonyl (C=O) groups excluding carboxylic acids is 2. The molecular weight excluding hydrogens is 550 g/mol. The Morgan fingerprint density at radius 1 is 0.814 bits per heavy atom. The Balaban J connectivity index is 1.23. The third kappa shape index (κ3) is 5.41. The summed E-state index contributed by atoms with van der Waals surface area (Å²) >= 11 is 0. The van der Waals surface area contributed by atoms with E-state index in [2.05, 4.69) is 5.32 Å². The summed E-state index contributed by atoms with van der Waals surface area (Å²) in [5.41, 5.74) is 3.13. The fourth-order valence-corrected chi connectivity index (χ4v) is 5.58. The zero-order valence-corrected chi connectivity index (χ0v) is 23.8. The van der Waals surface area contributed by atoms with Gasteiger partial charge in [0.05, 0.1) is 29.7 Å². The van der Waals surface area contributed by atoms with Gasteiger partial charge < -0.3 is 24.4 Å². The Kier molecular flexibility index (Phi) is 7.54. The molecule has 0 aliphatic carbocycles. The van der Waals surface area contributed by atoms with Gasteiger partial charge in [0.25, 0.3) is 5.91 Å². The maximum Gasteiger partial charge on any atom is 0.321 e. The third-order valence-corrected chi connectivity index (χ3v) is 7.90. The van der Waals surface area contributed by atoms with Gasteiger partial charge >= 0.3 is 6.03 Å². The molecule has 3 amide bonds. The lowest BCUT2D eigenvalue weighted by Gasteiger charge is -2.34. The van der Waals surface area contributed by atoms with E-state index in [0.717, 1.165) is 28.1 Å². The Morgan fingerprint density at radius 3 is 2.23 bits per heavy atom. The second-order valence-corrected chi connectivity index (χ2v) is 10.4. The molecular formula is C34H30F2N4O3. The minimum Gasteiger partial charge on any atom is -0.497 e. The summed E-state index contributed by atoms with van der Waals surface area (Å²) in [4.78, 5) is 30.3. The average Bonchev–Trinajstić information content (AvgIpc) is 3.37. The van der Waals surface area contributed by atoms with E-state index in [9.17, 15) is 14.0 Å². The minimum atomic E-state index is -0.738. The number of urea groups is 1. The highest BCUT2D eigenvalue weighted by molar-refractivity contribution is 6.02. The van der Waals surface area contributed by atoms with Crippen LogP contribution in [0.2, 0.25) is 0 Å². The zero-order valence-electron chi connectivity index (χ0n) is 23.8. The minimum absolute atomic E-state index is 0.138. The molecule has 5 aromatic rings. The van der Waals surface area contributed by atoms with Gasteiger partial charge in [-0.2, -0.15) is 0 Å². The molecule has 1 aliphatic heterocycles. The number of amides is 3. The molecule has 1 saturated heterocycles. The maximum absolute atomic E-state index is 15.0. The molecule has 1 fully saturated rings. The largest absolute Gasteiger partial charge is 0.497 e. The van der Waals surface area contributed by atoms with Gasteiger partial charge in [0.15, 0.2) is 0 Å². The van der Waals surface area contributed by atoms with Crippen molar-refractivity contribution < 1.29 is 23.1 Å². The number of nitrogens with zero attached hydrogens (tertiary/aromatic N) is 3. The molecule has 6 rings (SSSR count). The first-order valence-electron chi connectivity index (χ1n) is 14.0. The van der Waals surface area contributed by atoms with Gasteiger partial charge in [-0.05, 0) is 66.4 Å². The van der Waals surface area contributed by atoms with E-state index in [1.54, 1.807) is 46.6 Å². The first-order chi connectivity index (χ1) is 20.8. The van der Waals surface area contributed by atoms with E-state index in [-0.39, 0.29) is 17.6 Å². The molecule has 2 heterocycles. The predicted molar refractivity (Wildman–Crippen MR) is 163 cm³/mol. The van der Waals surface area contributed by atoms with Crippen LogP contribution in [0, 0.1) is 18.6 Å². The van der Waals surface area contributed by atoms with E-state index >= 15 is 4.39 Å². The molecule has 0 radical (unpaired) electrons. The molecule has 4 aromatic carbocycles. The zero-order chi connectivity index (χ0) is 30.1. The average molecular weight is 581 g/mol. The Bertz CT molecular complexity index is 1820. The summed E-state index contributed by atoms with van der Waals surface area (Å²) in [7, 11) is 1.57. The lowest BCUT2D eigenvalue weighted by molar-refractivity contribution is 0.0671. The van der Waals surface area contributed by atoms with E-state index in [1.165, 1.54) is 12.1 Å². The maximum atomic E-state index is 15.0. The number of methoxy groups -OCH3 is 1. The number of aromatic nitrogens is 1. The molecule has 1 aliphatic rings. The molecule has 0 spiro atoms. The first kappa shape index (κ1) is 28.0. The molecule has 1 aromatic heterocycles. The molecule has 0 saturated carbocycles. The van der Waals surface area contributed by atoms with Crippen LogP contribution in [0.4, 0.5) is 19.3 Å². The number of halogens is 2. The number of hydrogen-bond donors (Lipinski definition) is 1. The summed E-state index contributed by atoms with van der Waals surface area (Å²) in [6, 6.07) is 25.7.